The molecule has 0 fully saturated rings. The number of ether oxygens (including phenoxy) is 1. The first-order valence-corrected chi connectivity index (χ1v) is 9.78. The third-order valence-electron chi connectivity index (χ3n) is 3.23. The van der Waals surface area contributed by atoms with Gasteiger partial charge in [-0.3, -0.25) is 0 Å². The number of rotatable bonds is 7. The van der Waals surface area contributed by atoms with E-state index in [1.54, 1.807) is 18.2 Å². The molecule has 0 atom stereocenters. The predicted molar refractivity (Wildman–Crippen MR) is 98.5 cm³/mol. The topological polar surface area (TPSA) is 55.4 Å². The number of halogens is 2. The number of nitrogens with one attached hydrogen (secondary N) is 1. The lowest BCUT2D eigenvalue weighted by Crippen LogP contribution is -2.29. The maximum atomic E-state index is 12.1. The molecule has 0 unspecified atom stereocenters. The Morgan fingerprint density at radius 2 is 1.67 bits per heavy atom. The quantitative estimate of drug-likeness (QED) is 0.727. The third-order valence-corrected chi connectivity index (χ3v) is 5.33. The van der Waals surface area contributed by atoms with Gasteiger partial charge in [0.25, 0.3) is 0 Å². The van der Waals surface area contributed by atoms with E-state index in [0.29, 0.717) is 15.6 Å². The van der Waals surface area contributed by atoms with Gasteiger partial charge in [-0.05, 0) is 54.8 Å². The molecule has 130 valence electrons. The summed E-state index contributed by atoms with van der Waals surface area (Å²) in [5, 5.41) is 0.732. The predicted octanol–water partition coefficient (Wildman–Crippen LogP) is 4.11. The Bertz CT molecular complexity index is 802. The number of benzene rings is 2. The maximum absolute atomic E-state index is 12.1. The molecule has 0 saturated carbocycles. The van der Waals surface area contributed by atoms with Crippen LogP contribution in [-0.2, 0) is 15.8 Å². The van der Waals surface area contributed by atoms with Crippen LogP contribution in [0.5, 0.6) is 5.75 Å². The molecule has 24 heavy (non-hydrogen) atoms. The lowest BCUT2D eigenvalue weighted by molar-refractivity contribution is 0.322. The van der Waals surface area contributed by atoms with Crippen molar-refractivity contribution in [2.75, 3.05) is 13.2 Å². The molecule has 0 aliphatic rings. The van der Waals surface area contributed by atoms with E-state index in [4.69, 9.17) is 27.9 Å². The maximum Gasteiger partial charge on any atom is 0.215 e. The fraction of sp³-hybridized carbons (Fsp3) is 0.294. The van der Waals surface area contributed by atoms with Crippen LogP contribution in [0.15, 0.2) is 36.4 Å². The van der Waals surface area contributed by atoms with Crippen LogP contribution in [0.4, 0.5) is 0 Å². The van der Waals surface area contributed by atoms with E-state index in [0.717, 1.165) is 16.9 Å². The van der Waals surface area contributed by atoms with Crippen molar-refractivity contribution in [2.45, 2.75) is 19.6 Å². The summed E-state index contributed by atoms with van der Waals surface area (Å²) in [5.74, 6) is 0.573. The van der Waals surface area contributed by atoms with Crippen LogP contribution in [0, 0.1) is 13.8 Å². The van der Waals surface area contributed by atoms with E-state index in [2.05, 4.69) is 4.72 Å². The van der Waals surface area contributed by atoms with Gasteiger partial charge in [0.15, 0.2) is 0 Å². The van der Waals surface area contributed by atoms with Crippen LogP contribution in [0.2, 0.25) is 10.0 Å². The second kappa shape index (κ2) is 8.21. The standard InChI is InChI=1S/C17H19Cl2NO3S/c1-12-7-13(2)9-15(8-12)23-6-5-20-24(21,22)11-14-3-4-16(18)17(19)10-14/h3-4,7-10,20H,5-6,11H2,1-2H3. The van der Waals surface area contributed by atoms with Gasteiger partial charge in [-0.25, -0.2) is 13.1 Å². The smallest absolute Gasteiger partial charge is 0.215 e. The highest BCUT2D eigenvalue weighted by atomic mass is 35.5. The fourth-order valence-electron chi connectivity index (χ4n) is 2.28. The molecule has 0 saturated heterocycles. The monoisotopic (exact) mass is 387 g/mol. The van der Waals surface area contributed by atoms with E-state index < -0.39 is 10.0 Å². The minimum atomic E-state index is -3.47. The molecule has 0 aliphatic heterocycles. The molecule has 2 rings (SSSR count). The van der Waals surface area contributed by atoms with E-state index >= 15 is 0 Å². The summed E-state index contributed by atoms with van der Waals surface area (Å²) in [4.78, 5) is 0. The normalized spacial score (nSPS) is 11.5. The van der Waals surface area contributed by atoms with Crippen molar-refractivity contribution >= 4 is 33.2 Å². The highest BCUT2D eigenvalue weighted by molar-refractivity contribution is 7.88. The van der Waals surface area contributed by atoms with Crippen molar-refractivity contribution in [1.29, 1.82) is 0 Å². The zero-order valence-electron chi connectivity index (χ0n) is 13.5. The van der Waals surface area contributed by atoms with E-state index in [1.165, 1.54) is 0 Å². The van der Waals surface area contributed by atoms with Gasteiger partial charge in [0.2, 0.25) is 10.0 Å². The van der Waals surface area contributed by atoms with Crippen molar-refractivity contribution in [3.63, 3.8) is 0 Å². The molecule has 2 aromatic carbocycles. The molecule has 0 radical (unpaired) electrons. The summed E-state index contributed by atoms with van der Waals surface area (Å²) in [6, 6.07) is 10.6. The van der Waals surface area contributed by atoms with Crippen molar-refractivity contribution in [1.82, 2.24) is 4.72 Å². The first-order chi connectivity index (χ1) is 11.2. The molecule has 4 nitrogen and oxygen atoms in total. The summed E-state index contributed by atoms with van der Waals surface area (Å²) >= 11 is 11.7. The van der Waals surface area contributed by atoms with Crippen LogP contribution < -0.4 is 9.46 Å². The minimum Gasteiger partial charge on any atom is -0.492 e. The van der Waals surface area contributed by atoms with E-state index in [9.17, 15) is 8.42 Å². The summed E-state index contributed by atoms with van der Waals surface area (Å²) < 4.78 is 32.2. The third kappa shape index (κ3) is 5.98. The van der Waals surface area contributed by atoms with Crippen molar-refractivity contribution in [2.24, 2.45) is 0 Å². The molecule has 0 aromatic heterocycles. The first-order valence-electron chi connectivity index (χ1n) is 7.37. The summed E-state index contributed by atoms with van der Waals surface area (Å²) in [5.41, 5.74) is 2.78. The molecule has 0 spiro atoms. The summed E-state index contributed by atoms with van der Waals surface area (Å²) in [6.07, 6.45) is 0. The molecular formula is C17H19Cl2NO3S. The molecule has 1 N–H and O–H groups in total. The Labute approximate surface area is 152 Å². The van der Waals surface area contributed by atoms with Crippen LogP contribution in [0.1, 0.15) is 16.7 Å². The molecule has 0 heterocycles. The number of sulfonamides is 1. The Balaban J connectivity index is 1.85. The van der Waals surface area contributed by atoms with Gasteiger partial charge in [-0.15, -0.1) is 0 Å². The largest absolute Gasteiger partial charge is 0.492 e. The molecule has 7 heteroatoms. The minimum absolute atomic E-state index is 0.159. The highest BCUT2D eigenvalue weighted by Gasteiger charge is 2.12. The van der Waals surface area contributed by atoms with Crippen molar-refractivity contribution < 1.29 is 13.2 Å². The molecular weight excluding hydrogens is 369 g/mol. The molecule has 0 bridgehead atoms. The number of hydrogen-bond donors (Lipinski definition) is 1. The zero-order chi connectivity index (χ0) is 17.7. The lowest BCUT2D eigenvalue weighted by atomic mass is 10.1. The average Bonchev–Trinajstić information content (AvgIpc) is 2.46. The van der Waals surface area contributed by atoms with Crippen LogP contribution in [0.3, 0.4) is 0 Å². The molecule has 0 amide bonds. The van der Waals surface area contributed by atoms with Gasteiger partial charge in [-0.2, -0.15) is 0 Å². The van der Waals surface area contributed by atoms with Gasteiger partial charge in [0.05, 0.1) is 15.8 Å². The van der Waals surface area contributed by atoms with Gasteiger partial charge in [0, 0.05) is 6.54 Å². The first kappa shape index (κ1) is 19.1. The number of aryl methyl sites for hydroxylation is 2. The van der Waals surface area contributed by atoms with Crippen LogP contribution in [-0.4, -0.2) is 21.6 Å². The summed E-state index contributed by atoms with van der Waals surface area (Å²) in [7, 11) is -3.47. The summed E-state index contributed by atoms with van der Waals surface area (Å²) in [6.45, 7) is 4.42. The van der Waals surface area contributed by atoms with Crippen LogP contribution >= 0.6 is 23.2 Å². The Morgan fingerprint density at radius 1 is 1.00 bits per heavy atom. The molecule has 2 aromatic rings. The highest BCUT2D eigenvalue weighted by Crippen LogP contribution is 2.23. The van der Waals surface area contributed by atoms with Crippen LogP contribution in [0.25, 0.3) is 0 Å². The van der Waals surface area contributed by atoms with Gasteiger partial charge < -0.3 is 4.74 Å². The van der Waals surface area contributed by atoms with Crippen molar-refractivity contribution in [3.8, 4) is 5.75 Å². The fourth-order valence-corrected chi connectivity index (χ4v) is 3.72. The van der Waals surface area contributed by atoms with E-state index in [1.807, 2.05) is 32.0 Å². The van der Waals surface area contributed by atoms with Crippen molar-refractivity contribution in [3.05, 3.63) is 63.1 Å². The Morgan fingerprint density at radius 3 is 2.29 bits per heavy atom. The Kier molecular flexibility index (Phi) is 6.52. The second-order valence-corrected chi connectivity index (χ2v) is 8.20. The Hall–Kier alpha value is -1.27. The zero-order valence-corrected chi connectivity index (χ0v) is 15.8. The number of hydrogen-bond acceptors (Lipinski definition) is 3. The van der Waals surface area contributed by atoms with Gasteiger partial charge in [-0.1, -0.05) is 35.3 Å². The lowest BCUT2D eigenvalue weighted by Gasteiger charge is -2.10. The SMILES string of the molecule is Cc1cc(C)cc(OCCNS(=O)(=O)Cc2ccc(Cl)c(Cl)c2)c1. The van der Waals surface area contributed by atoms with Gasteiger partial charge >= 0.3 is 0 Å². The van der Waals surface area contributed by atoms with Gasteiger partial charge in [0.1, 0.15) is 12.4 Å². The molecule has 0 aliphatic carbocycles. The van der Waals surface area contributed by atoms with E-state index in [-0.39, 0.29) is 18.9 Å². The second-order valence-electron chi connectivity index (χ2n) is 5.57. The average molecular weight is 388 g/mol.